The van der Waals surface area contributed by atoms with Crippen LogP contribution < -0.4 is 21.7 Å². The van der Waals surface area contributed by atoms with Crippen molar-refractivity contribution in [3.63, 3.8) is 0 Å². The van der Waals surface area contributed by atoms with E-state index in [4.69, 9.17) is 11.5 Å². The molecule has 2 fully saturated rings. The number of carbonyl (C=O) groups is 2. The van der Waals surface area contributed by atoms with Crippen molar-refractivity contribution in [1.82, 2.24) is 10.3 Å². The van der Waals surface area contributed by atoms with Gasteiger partial charge in [-0.1, -0.05) is 25.3 Å². The number of nitrogens with one attached hydrogen (secondary N) is 1. The van der Waals surface area contributed by atoms with Crippen LogP contribution in [0.1, 0.15) is 56.9 Å². The maximum absolute atomic E-state index is 12.6. The third-order valence-corrected chi connectivity index (χ3v) is 6.42. The molecule has 0 radical (unpaired) electrons. The number of anilines is 1. The number of rotatable bonds is 7. The number of primary amides is 1. The van der Waals surface area contributed by atoms with Crippen LogP contribution in [0.15, 0.2) is 18.3 Å². The predicted octanol–water partition coefficient (Wildman–Crippen LogP) is 2.54. The van der Waals surface area contributed by atoms with Gasteiger partial charge >= 0.3 is 0 Å². The Morgan fingerprint density at radius 3 is 2.43 bits per heavy atom. The molecule has 1 aromatic rings. The second-order valence-electron chi connectivity index (χ2n) is 8.37. The zero-order chi connectivity index (χ0) is 20.0. The van der Waals surface area contributed by atoms with Gasteiger partial charge in [-0.05, 0) is 43.7 Å². The van der Waals surface area contributed by atoms with Crippen LogP contribution in [0.3, 0.4) is 0 Å². The summed E-state index contributed by atoms with van der Waals surface area (Å²) in [6.45, 7) is 2.54. The molecule has 5 N–H and O–H groups in total. The number of halogens is 2. The van der Waals surface area contributed by atoms with Crippen LogP contribution in [0.25, 0.3) is 0 Å². The molecule has 1 aliphatic carbocycles. The van der Waals surface area contributed by atoms with E-state index < -0.39 is 0 Å². The zero-order valence-electron chi connectivity index (χ0n) is 17.5. The van der Waals surface area contributed by atoms with Gasteiger partial charge in [-0.2, -0.15) is 0 Å². The highest BCUT2D eigenvalue weighted by Crippen LogP contribution is 2.38. The molecule has 9 heteroatoms. The third-order valence-electron chi connectivity index (χ3n) is 6.42. The number of piperidine rings is 1. The summed E-state index contributed by atoms with van der Waals surface area (Å²) in [7, 11) is 0. The average molecular weight is 460 g/mol. The first-order valence-electron chi connectivity index (χ1n) is 10.5. The van der Waals surface area contributed by atoms with E-state index in [9.17, 15) is 9.59 Å². The third kappa shape index (κ3) is 6.72. The standard InChI is InChI=1S/C21H33N5O2.2ClH/c22-15-21(8-2-1-3-9-21)13-18(27)25-14-17-5-4-10-24-20(17)26-11-6-16(7-12-26)19(23)28;;/h4-5,10,16H,1-3,6-9,11-15,22H2,(H2,23,28)(H,25,27);2*1H. The Morgan fingerprint density at radius 2 is 1.83 bits per heavy atom. The second kappa shape index (κ2) is 12.3. The van der Waals surface area contributed by atoms with Gasteiger partial charge in [0, 0.05) is 43.7 Å². The molecule has 30 heavy (non-hydrogen) atoms. The molecule has 0 atom stereocenters. The number of hydrogen-bond donors (Lipinski definition) is 3. The molecular formula is C21H35Cl2N5O2. The summed E-state index contributed by atoms with van der Waals surface area (Å²) in [5.41, 5.74) is 12.4. The minimum atomic E-state index is -0.218. The van der Waals surface area contributed by atoms with E-state index in [1.54, 1.807) is 6.20 Å². The van der Waals surface area contributed by atoms with Crippen molar-refractivity contribution in [3.8, 4) is 0 Å². The van der Waals surface area contributed by atoms with Gasteiger partial charge < -0.3 is 21.7 Å². The van der Waals surface area contributed by atoms with Crippen molar-refractivity contribution in [3.05, 3.63) is 23.9 Å². The Balaban J connectivity index is 0.00000225. The molecule has 0 unspecified atom stereocenters. The second-order valence-corrected chi connectivity index (χ2v) is 8.37. The molecule has 2 amide bonds. The van der Waals surface area contributed by atoms with Crippen LogP contribution in [0.4, 0.5) is 5.82 Å². The van der Waals surface area contributed by atoms with E-state index in [0.717, 1.165) is 50.2 Å². The van der Waals surface area contributed by atoms with Crippen LogP contribution >= 0.6 is 24.8 Å². The van der Waals surface area contributed by atoms with Crippen molar-refractivity contribution >= 4 is 42.4 Å². The summed E-state index contributed by atoms with van der Waals surface area (Å²) in [5.74, 6) is 0.683. The Bertz CT molecular complexity index is 690. The fraction of sp³-hybridized carbons (Fsp3) is 0.667. The average Bonchev–Trinajstić information content (AvgIpc) is 2.73. The van der Waals surface area contributed by atoms with Gasteiger partial charge in [0.15, 0.2) is 0 Å². The minimum Gasteiger partial charge on any atom is -0.369 e. The molecule has 2 heterocycles. The molecule has 1 aliphatic heterocycles. The van der Waals surface area contributed by atoms with E-state index in [0.29, 0.717) is 19.5 Å². The molecule has 2 aliphatic rings. The monoisotopic (exact) mass is 459 g/mol. The van der Waals surface area contributed by atoms with Gasteiger partial charge in [-0.25, -0.2) is 4.98 Å². The van der Waals surface area contributed by atoms with Gasteiger partial charge in [0.2, 0.25) is 11.8 Å². The Labute approximate surface area is 191 Å². The van der Waals surface area contributed by atoms with E-state index in [1.165, 1.54) is 19.3 Å². The summed E-state index contributed by atoms with van der Waals surface area (Å²) in [5, 5.41) is 3.08. The summed E-state index contributed by atoms with van der Waals surface area (Å²) in [6, 6.07) is 3.89. The molecule has 0 aromatic carbocycles. The topological polar surface area (TPSA) is 114 Å². The van der Waals surface area contributed by atoms with Crippen LogP contribution in [0.5, 0.6) is 0 Å². The normalized spacial score (nSPS) is 18.6. The lowest BCUT2D eigenvalue weighted by Gasteiger charge is -2.35. The first-order valence-corrected chi connectivity index (χ1v) is 10.5. The summed E-state index contributed by atoms with van der Waals surface area (Å²) >= 11 is 0. The lowest BCUT2D eigenvalue weighted by atomic mass is 9.71. The number of carbonyl (C=O) groups excluding carboxylic acids is 2. The summed E-state index contributed by atoms with van der Waals surface area (Å²) in [4.78, 5) is 30.7. The predicted molar refractivity (Wildman–Crippen MR) is 124 cm³/mol. The van der Waals surface area contributed by atoms with Crippen LogP contribution in [-0.4, -0.2) is 36.4 Å². The van der Waals surface area contributed by atoms with Crippen LogP contribution in [-0.2, 0) is 16.1 Å². The van der Waals surface area contributed by atoms with Gasteiger partial charge in [0.1, 0.15) is 5.82 Å². The van der Waals surface area contributed by atoms with Crippen LogP contribution in [0.2, 0.25) is 0 Å². The summed E-state index contributed by atoms with van der Waals surface area (Å²) < 4.78 is 0. The van der Waals surface area contributed by atoms with Crippen molar-refractivity contribution in [2.45, 2.75) is 57.9 Å². The van der Waals surface area contributed by atoms with E-state index in [-0.39, 0.29) is 48.0 Å². The maximum Gasteiger partial charge on any atom is 0.220 e. The molecule has 1 saturated heterocycles. The van der Waals surface area contributed by atoms with Crippen molar-refractivity contribution in [1.29, 1.82) is 0 Å². The number of amides is 2. The summed E-state index contributed by atoms with van der Waals surface area (Å²) in [6.07, 6.45) is 9.43. The van der Waals surface area contributed by atoms with Crippen molar-refractivity contribution < 1.29 is 9.59 Å². The fourth-order valence-corrected chi connectivity index (χ4v) is 4.58. The molecule has 170 valence electrons. The zero-order valence-corrected chi connectivity index (χ0v) is 19.1. The van der Waals surface area contributed by atoms with Crippen molar-refractivity contribution in [2.24, 2.45) is 22.8 Å². The van der Waals surface area contributed by atoms with E-state index in [1.807, 2.05) is 12.1 Å². The number of hydrogen-bond acceptors (Lipinski definition) is 5. The highest BCUT2D eigenvalue weighted by molar-refractivity contribution is 5.85. The quantitative estimate of drug-likeness (QED) is 0.579. The van der Waals surface area contributed by atoms with Crippen molar-refractivity contribution in [2.75, 3.05) is 24.5 Å². The fourth-order valence-electron chi connectivity index (χ4n) is 4.58. The number of nitrogens with two attached hydrogens (primary N) is 2. The number of pyridine rings is 1. The Kier molecular flexibility index (Phi) is 10.9. The number of aromatic nitrogens is 1. The first kappa shape index (κ1) is 26.5. The van der Waals surface area contributed by atoms with Gasteiger partial charge in [0.25, 0.3) is 0 Å². The molecule has 3 rings (SSSR count). The highest BCUT2D eigenvalue weighted by atomic mass is 35.5. The highest BCUT2D eigenvalue weighted by Gasteiger charge is 2.33. The first-order chi connectivity index (χ1) is 13.5. The van der Waals surface area contributed by atoms with Gasteiger partial charge in [-0.3, -0.25) is 9.59 Å². The van der Waals surface area contributed by atoms with E-state index >= 15 is 0 Å². The molecule has 7 nitrogen and oxygen atoms in total. The lowest BCUT2D eigenvalue weighted by Crippen LogP contribution is -2.40. The molecule has 0 bridgehead atoms. The van der Waals surface area contributed by atoms with E-state index in [2.05, 4.69) is 15.2 Å². The Hall–Kier alpha value is -1.57. The molecule has 1 aromatic heterocycles. The molecular weight excluding hydrogens is 425 g/mol. The van der Waals surface area contributed by atoms with Gasteiger partial charge in [-0.15, -0.1) is 24.8 Å². The smallest absolute Gasteiger partial charge is 0.220 e. The number of nitrogens with zero attached hydrogens (tertiary/aromatic N) is 2. The van der Waals surface area contributed by atoms with Gasteiger partial charge in [0.05, 0.1) is 0 Å². The maximum atomic E-state index is 12.6. The molecule has 1 saturated carbocycles. The van der Waals surface area contributed by atoms with Crippen LogP contribution in [0, 0.1) is 11.3 Å². The lowest BCUT2D eigenvalue weighted by molar-refractivity contribution is -0.124. The minimum absolute atomic E-state index is 0. The Morgan fingerprint density at radius 1 is 1.17 bits per heavy atom. The SMILES string of the molecule is Cl.Cl.NCC1(CC(=O)NCc2cccnc2N2CCC(C(N)=O)CC2)CCCCC1. The molecule has 0 spiro atoms. The largest absolute Gasteiger partial charge is 0.369 e.